The molecular weight excluding hydrogens is 290 g/mol. The Morgan fingerprint density at radius 1 is 1.22 bits per heavy atom. The fourth-order valence-corrected chi connectivity index (χ4v) is 3.10. The van der Waals surface area contributed by atoms with Gasteiger partial charge in [0, 0.05) is 39.1 Å². The average molecular weight is 317 g/mol. The molecule has 23 heavy (non-hydrogen) atoms. The van der Waals surface area contributed by atoms with Gasteiger partial charge in [0.15, 0.2) is 0 Å². The van der Waals surface area contributed by atoms with Gasteiger partial charge >= 0.3 is 0 Å². The lowest BCUT2D eigenvalue weighted by molar-refractivity contribution is -0.138. The molecule has 2 amide bonds. The lowest BCUT2D eigenvalue weighted by Gasteiger charge is -2.42. The van der Waals surface area contributed by atoms with Gasteiger partial charge in [0.1, 0.15) is 6.04 Å². The minimum Gasteiger partial charge on any atom is -0.358 e. The first-order chi connectivity index (χ1) is 11.0. The largest absolute Gasteiger partial charge is 0.358 e. The van der Waals surface area contributed by atoms with Gasteiger partial charge < -0.3 is 10.2 Å². The molecule has 1 unspecified atom stereocenters. The molecule has 5 heteroatoms. The van der Waals surface area contributed by atoms with Gasteiger partial charge in [-0.25, -0.2) is 0 Å². The van der Waals surface area contributed by atoms with Gasteiger partial charge in [-0.2, -0.15) is 0 Å². The second-order valence-corrected chi connectivity index (χ2v) is 6.29. The number of hydrogen-bond donors (Lipinski definition) is 1. The number of aryl methyl sites for hydroxylation is 1. The molecule has 1 fully saturated rings. The Bertz CT molecular complexity index is 530. The summed E-state index contributed by atoms with van der Waals surface area (Å²) in [5.41, 5.74) is 1.17. The predicted molar refractivity (Wildman–Crippen MR) is 91.0 cm³/mol. The maximum Gasteiger partial charge on any atom is 0.238 e. The van der Waals surface area contributed by atoms with Crippen molar-refractivity contribution >= 4 is 11.8 Å². The zero-order valence-corrected chi connectivity index (χ0v) is 14.3. The van der Waals surface area contributed by atoms with Crippen molar-refractivity contribution in [1.82, 2.24) is 15.1 Å². The molecule has 126 valence electrons. The summed E-state index contributed by atoms with van der Waals surface area (Å²) in [6.45, 7) is 6.09. The molecule has 1 aromatic rings. The van der Waals surface area contributed by atoms with Crippen molar-refractivity contribution in [2.45, 2.75) is 38.8 Å². The second kappa shape index (κ2) is 8.11. The number of carbonyl (C=O) groups is 2. The van der Waals surface area contributed by atoms with Crippen molar-refractivity contribution in [3.63, 3.8) is 0 Å². The summed E-state index contributed by atoms with van der Waals surface area (Å²) >= 11 is 0. The normalized spacial score (nSPS) is 19.0. The van der Waals surface area contributed by atoms with Crippen LogP contribution in [0.5, 0.6) is 0 Å². The number of carbonyl (C=O) groups excluding carboxylic acids is 2. The Labute approximate surface area is 138 Å². The van der Waals surface area contributed by atoms with E-state index >= 15 is 0 Å². The summed E-state index contributed by atoms with van der Waals surface area (Å²) in [6.07, 6.45) is 1.24. The molecule has 1 aromatic carbocycles. The number of nitrogens with one attached hydrogen (secondary N) is 1. The summed E-state index contributed by atoms with van der Waals surface area (Å²) in [4.78, 5) is 28.6. The highest BCUT2D eigenvalue weighted by Crippen LogP contribution is 2.15. The Morgan fingerprint density at radius 3 is 2.52 bits per heavy atom. The fourth-order valence-electron chi connectivity index (χ4n) is 3.10. The van der Waals surface area contributed by atoms with Crippen LogP contribution in [0.4, 0.5) is 0 Å². The molecule has 0 spiro atoms. The SMILES string of the molecule is CNC(=O)C1CN(C(=O)CCc2ccccc2)CCN1C(C)C. The third-order valence-electron chi connectivity index (χ3n) is 4.46. The standard InChI is InChI=1S/C18H27N3O2/c1-14(2)21-12-11-20(13-16(21)18(23)19-3)17(22)10-9-15-7-5-4-6-8-15/h4-8,14,16H,9-13H2,1-3H3,(H,19,23). The maximum absolute atomic E-state index is 12.5. The Morgan fingerprint density at radius 2 is 1.91 bits per heavy atom. The molecule has 0 bridgehead atoms. The molecule has 0 aromatic heterocycles. The molecule has 1 N–H and O–H groups in total. The van der Waals surface area contributed by atoms with Crippen LogP contribution >= 0.6 is 0 Å². The first kappa shape index (κ1) is 17.5. The first-order valence-electron chi connectivity index (χ1n) is 8.32. The molecule has 0 aliphatic carbocycles. The van der Waals surface area contributed by atoms with Gasteiger partial charge in [-0.3, -0.25) is 14.5 Å². The van der Waals surface area contributed by atoms with Crippen molar-refractivity contribution in [2.75, 3.05) is 26.7 Å². The van der Waals surface area contributed by atoms with E-state index in [4.69, 9.17) is 0 Å². The third-order valence-corrected chi connectivity index (χ3v) is 4.46. The number of amides is 2. The van der Waals surface area contributed by atoms with Crippen molar-refractivity contribution < 1.29 is 9.59 Å². The smallest absolute Gasteiger partial charge is 0.238 e. The summed E-state index contributed by atoms with van der Waals surface area (Å²) in [5.74, 6) is 0.116. The molecule has 1 heterocycles. The van der Waals surface area contributed by atoms with Crippen LogP contribution in [0.1, 0.15) is 25.8 Å². The highest BCUT2D eigenvalue weighted by molar-refractivity contribution is 5.83. The summed E-state index contributed by atoms with van der Waals surface area (Å²) in [6, 6.07) is 10.1. The number of rotatable bonds is 5. The summed E-state index contributed by atoms with van der Waals surface area (Å²) in [5, 5.41) is 2.72. The first-order valence-corrected chi connectivity index (χ1v) is 8.32. The van der Waals surface area contributed by atoms with E-state index in [9.17, 15) is 9.59 Å². The quantitative estimate of drug-likeness (QED) is 0.890. The Balaban J connectivity index is 1.95. The van der Waals surface area contributed by atoms with E-state index in [1.54, 1.807) is 7.05 Å². The molecule has 1 aliphatic heterocycles. The van der Waals surface area contributed by atoms with Crippen LogP contribution in [0.15, 0.2) is 30.3 Å². The molecule has 1 aliphatic rings. The van der Waals surface area contributed by atoms with E-state index in [-0.39, 0.29) is 17.9 Å². The van der Waals surface area contributed by atoms with Crippen molar-refractivity contribution in [1.29, 1.82) is 0 Å². The highest BCUT2D eigenvalue weighted by Gasteiger charge is 2.34. The summed E-state index contributed by atoms with van der Waals surface area (Å²) in [7, 11) is 1.65. The molecule has 5 nitrogen and oxygen atoms in total. The monoisotopic (exact) mass is 317 g/mol. The molecule has 1 saturated heterocycles. The third kappa shape index (κ3) is 4.55. The number of piperazine rings is 1. The number of hydrogen-bond acceptors (Lipinski definition) is 3. The average Bonchev–Trinajstić information content (AvgIpc) is 2.59. The van der Waals surface area contributed by atoms with Crippen LogP contribution in [0.3, 0.4) is 0 Å². The zero-order chi connectivity index (χ0) is 16.8. The predicted octanol–water partition coefficient (Wildman–Crippen LogP) is 1.29. The van der Waals surface area contributed by atoms with Crippen molar-refractivity contribution in [3.05, 3.63) is 35.9 Å². The maximum atomic E-state index is 12.5. The second-order valence-electron chi connectivity index (χ2n) is 6.29. The van der Waals surface area contributed by atoms with E-state index in [1.165, 1.54) is 5.56 Å². The Kier molecular flexibility index (Phi) is 6.16. The van der Waals surface area contributed by atoms with Gasteiger partial charge in [-0.15, -0.1) is 0 Å². The van der Waals surface area contributed by atoms with E-state index < -0.39 is 0 Å². The van der Waals surface area contributed by atoms with Crippen LogP contribution in [-0.4, -0.2) is 60.4 Å². The van der Waals surface area contributed by atoms with Gasteiger partial charge in [-0.1, -0.05) is 30.3 Å². The van der Waals surface area contributed by atoms with Crippen LogP contribution < -0.4 is 5.32 Å². The lowest BCUT2D eigenvalue weighted by atomic mass is 10.1. The van der Waals surface area contributed by atoms with Gasteiger partial charge in [0.05, 0.1) is 0 Å². The van der Waals surface area contributed by atoms with E-state index in [0.717, 1.165) is 13.0 Å². The summed E-state index contributed by atoms with van der Waals surface area (Å²) < 4.78 is 0. The lowest BCUT2D eigenvalue weighted by Crippen LogP contribution is -2.61. The highest BCUT2D eigenvalue weighted by atomic mass is 16.2. The van der Waals surface area contributed by atoms with Gasteiger partial charge in [0.2, 0.25) is 11.8 Å². The Hall–Kier alpha value is -1.88. The fraction of sp³-hybridized carbons (Fsp3) is 0.556. The van der Waals surface area contributed by atoms with Crippen LogP contribution in [0.25, 0.3) is 0 Å². The minimum atomic E-state index is -0.255. The van der Waals surface area contributed by atoms with E-state index in [0.29, 0.717) is 25.6 Å². The van der Waals surface area contributed by atoms with E-state index in [2.05, 4.69) is 24.1 Å². The molecule has 2 rings (SSSR count). The van der Waals surface area contributed by atoms with Crippen molar-refractivity contribution in [3.8, 4) is 0 Å². The van der Waals surface area contributed by atoms with Crippen LogP contribution in [-0.2, 0) is 16.0 Å². The number of likely N-dealkylation sites (N-methyl/N-ethyl adjacent to an activating group) is 1. The van der Waals surface area contributed by atoms with Crippen LogP contribution in [0, 0.1) is 0 Å². The topological polar surface area (TPSA) is 52.7 Å². The number of nitrogens with zero attached hydrogens (tertiary/aromatic N) is 2. The van der Waals surface area contributed by atoms with Crippen LogP contribution in [0.2, 0.25) is 0 Å². The molecule has 0 radical (unpaired) electrons. The molecule has 0 saturated carbocycles. The minimum absolute atomic E-state index is 0.0146. The van der Waals surface area contributed by atoms with Gasteiger partial charge in [0.25, 0.3) is 0 Å². The zero-order valence-electron chi connectivity index (χ0n) is 14.3. The molecule has 1 atom stereocenters. The molecular formula is C18H27N3O2. The van der Waals surface area contributed by atoms with Crippen molar-refractivity contribution in [2.24, 2.45) is 0 Å². The number of benzene rings is 1. The van der Waals surface area contributed by atoms with E-state index in [1.807, 2.05) is 35.2 Å². The van der Waals surface area contributed by atoms with Gasteiger partial charge in [-0.05, 0) is 25.8 Å².